The number of para-hydroxylation sites is 1. The van der Waals surface area contributed by atoms with E-state index in [1.54, 1.807) is 12.1 Å². The highest BCUT2D eigenvalue weighted by Crippen LogP contribution is 2.14. The highest BCUT2D eigenvalue weighted by molar-refractivity contribution is 5.99. The molecule has 3 rings (SSSR count). The molecule has 1 heterocycles. The summed E-state index contributed by atoms with van der Waals surface area (Å²) < 4.78 is 1.83. The molecule has 6 nitrogen and oxygen atoms in total. The van der Waals surface area contributed by atoms with Gasteiger partial charge in [-0.25, -0.2) is 0 Å². The Hall–Kier alpha value is -3.41. The van der Waals surface area contributed by atoms with E-state index < -0.39 is 23.3 Å². The van der Waals surface area contributed by atoms with Gasteiger partial charge in [0.2, 0.25) is 5.43 Å². The maximum Gasteiger partial charge on any atom is 0.325 e. The first-order valence-electron chi connectivity index (χ1n) is 8.17. The Morgan fingerprint density at radius 3 is 2.42 bits per heavy atom. The van der Waals surface area contributed by atoms with Crippen LogP contribution in [0.1, 0.15) is 22.8 Å². The first kappa shape index (κ1) is 17.4. The van der Waals surface area contributed by atoms with E-state index >= 15 is 0 Å². The number of aliphatic carboxylic acids is 1. The van der Waals surface area contributed by atoms with Gasteiger partial charge >= 0.3 is 5.97 Å². The van der Waals surface area contributed by atoms with Crippen molar-refractivity contribution in [2.45, 2.75) is 19.5 Å². The second-order valence-electron chi connectivity index (χ2n) is 6.04. The third-order valence-electron chi connectivity index (χ3n) is 4.15. The van der Waals surface area contributed by atoms with Gasteiger partial charge in [0.15, 0.2) is 0 Å². The Bertz CT molecular complexity index is 1020. The van der Waals surface area contributed by atoms with Gasteiger partial charge in [-0.2, -0.15) is 0 Å². The summed E-state index contributed by atoms with van der Waals surface area (Å²) in [5, 5.41) is 11.7. The minimum absolute atomic E-state index is 0.0762. The van der Waals surface area contributed by atoms with Crippen LogP contribution in [0.15, 0.2) is 65.6 Å². The monoisotopic (exact) mass is 350 g/mol. The molecule has 0 bridgehead atoms. The Kier molecular flexibility index (Phi) is 4.84. The Morgan fingerprint density at radius 2 is 1.73 bits per heavy atom. The fraction of sp³-hybridized carbons (Fsp3) is 0.150. The maximum absolute atomic E-state index is 12.7. The van der Waals surface area contributed by atoms with Gasteiger partial charge in [0, 0.05) is 18.1 Å². The average molecular weight is 350 g/mol. The molecule has 0 spiro atoms. The SMILES string of the molecule is CC(NC(=O)c1cn(Cc2ccccc2)c2ccccc2c1=O)C(=O)O. The van der Waals surface area contributed by atoms with Crippen molar-refractivity contribution in [3.8, 4) is 0 Å². The molecule has 0 fully saturated rings. The van der Waals surface area contributed by atoms with Crippen LogP contribution in [0.25, 0.3) is 10.9 Å². The fourth-order valence-electron chi connectivity index (χ4n) is 2.75. The summed E-state index contributed by atoms with van der Waals surface area (Å²) in [5.41, 5.74) is 1.24. The first-order valence-corrected chi connectivity index (χ1v) is 8.17. The summed E-state index contributed by atoms with van der Waals surface area (Å²) in [6.45, 7) is 1.83. The molecule has 2 N–H and O–H groups in total. The number of amides is 1. The van der Waals surface area contributed by atoms with Gasteiger partial charge in [0.1, 0.15) is 11.6 Å². The van der Waals surface area contributed by atoms with E-state index in [1.165, 1.54) is 13.1 Å². The van der Waals surface area contributed by atoms with Gasteiger partial charge in [0.05, 0.1) is 5.52 Å². The number of rotatable bonds is 5. The van der Waals surface area contributed by atoms with Gasteiger partial charge in [0.25, 0.3) is 5.91 Å². The van der Waals surface area contributed by atoms with Crippen molar-refractivity contribution >= 4 is 22.8 Å². The number of carboxylic acid groups (broad SMARTS) is 1. The number of nitrogens with zero attached hydrogens (tertiary/aromatic N) is 1. The summed E-state index contributed by atoms with van der Waals surface area (Å²) in [6.07, 6.45) is 1.49. The molecule has 0 saturated heterocycles. The quantitative estimate of drug-likeness (QED) is 0.739. The number of carbonyl (C=O) groups excluding carboxylic acids is 1. The van der Waals surface area contributed by atoms with Crippen LogP contribution in [0.3, 0.4) is 0 Å². The van der Waals surface area contributed by atoms with Crippen molar-refractivity contribution in [3.63, 3.8) is 0 Å². The predicted octanol–water partition coefficient (Wildman–Crippen LogP) is 2.25. The third-order valence-corrected chi connectivity index (χ3v) is 4.15. The van der Waals surface area contributed by atoms with E-state index in [2.05, 4.69) is 5.32 Å². The van der Waals surface area contributed by atoms with E-state index in [0.717, 1.165) is 5.56 Å². The van der Waals surface area contributed by atoms with Gasteiger partial charge in [-0.05, 0) is 24.6 Å². The van der Waals surface area contributed by atoms with Gasteiger partial charge < -0.3 is 15.0 Å². The molecule has 26 heavy (non-hydrogen) atoms. The van der Waals surface area contributed by atoms with Crippen LogP contribution in [-0.4, -0.2) is 27.6 Å². The molecule has 6 heteroatoms. The minimum Gasteiger partial charge on any atom is -0.480 e. The van der Waals surface area contributed by atoms with E-state index in [1.807, 2.05) is 47.0 Å². The molecule has 1 atom stereocenters. The zero-order chi connectivity index (χ0) is 18.7. The van der Waals surface area contributed by atoms with Crippen LogP contribution >= 0.6 is 0 Å². The molecular weight excluding hydrogens is 332 g/mol. The molecule has 2 aromatic carbocycles. The highest BCUT2D eigenvalue weighted by Gasteiger charge is 2.19. The van der Waals surface area contributed by atoms with E-state index in [4.69, 9.17) is 5.11 Å². The zero-order valence-corrected chi connectivity index (χ0v) is 14.2. The van der Waals surface area contributed by atoms with Crippen molar-refractivity contribution < 1.29 is 14.7 Å². The zero-order valence-electron chi connectivity index (χ0n) is 14.2. The highest BCUT2D eigenvalue weighted by atomic mass is 16.4. The van der Waals surface area contributed by atoms with Crippen LogP contribution in [0.5, 0.6) is 0 Å². The number of aromatic nitrogens is 1. The smallest absolute Gasteiger partial charge is 0.325 e. The van der Waals surface area contributed by atoms with Crippen molar-refractivity contribution in [1.29, 1.82) is 0 Å². The second kappa shape index (κ2) is 7.23. The molecule has 0 aliphatic carbocycles. The van der Waals surface area contributed by atoms with Crippen molar-refractivity contribution in [1.82, 2.24) is 9.88 Å². The van der Waals surface area contributed by atoms with E-state index in [9.17, 15) is 14.4 Å². The number of pyridine rings is 1. The molecule has 1 aromatic heterocycles. The molecule has 0 saturated carbocycles. The maximum atomic E-state index is 12.7. The molecule has 0 aliphatic rings. The third kappa shape index (κ3) is 3.49. The fourth-order valence-corrected chi connectivity index (χ4v) is 2.75. The first-order chi connectivity index (χ1) is 12.5. The van der Waals surface area contributed by atoms with Crippen LogP contribution < -0.4 is 10.7 Å². The second-order valence-corrected chi connectivity index (χ2v) is 6.04. The number of hydrogen-bond donors (Lipinski definition) is 2. The normalized spacial score (nSPS) is 11.9. The largest absolute Gasteiger partial charge is 0.480 e. The van der Waals surface area contributed by atoms with Crippen LogP contribution in [0.4, 0.5) is 0 Å². The number of carbonyl (C=O) groups is 2. The van der Waals surface area contributed by atoms with Crippen molar-refractivity contribution in [2.24, 2.45) is 0 Å². The average Bonchev–Trinajstić information content (AvgIpc) is 2.64. The Labute approximate surface area is 149 Å². The summed E-state index contributed by atoms with van der Waals surface area (Å²) >= 11 is 0. The molecule has 0 aliphatic heterocycles. The topological polar surface area (TPSA) is 88.4 Å². The molecule has 0 radical (unpaired) electrons. The van der Waals surface area contributed by atoms with Crippen molar-refractivity contribution in [2.75, 3.05) is 0 Å². The number of nitrogens with one attached hydrogen (secondary N) is 1. The lowest BCUT2D eigenvalue weighted by molar-refractivity contribution is -0.138. The van der Waals surface area contributed by atoms with Gasteiger partial charge in [-0.3, -0.25) is 14.4 Å². The number of fused-ring (bicyclic) bond motifs is 1. The van der Waals surface area contributed by atoms with Crippen LogP contribution in [0, 0.1) is 0 Å². The summed E-state index contributed by atoms with van der Waals surface area (Å²) in [4.78, 5) is 36.1. The molecular formula is C20H18N2O4. The Morgan fingerprint density at radius 1 is 1.08 bits per heavy atom. The van der Waals surface area contributed by atoms with Gasteiger partial charge in [-0.15, -0.1) is 0 Å². The summed E-state index contributed by atoms with van der Waals surface area (Å²) in [7, 11) is 0. The van der Waals surface area contributed by atoms with Crippen LogP contribution in [-0.2, 0) is 11.3 Å². The standard InChI is InChI=1S/C20H18N2O4/c1-13(20(25)26)21-19(24)16-12-22(11-14-7-3-2-4-8-14)17-10-6-5-9-15(17)18(16)23/h2-10,12-13H,11H2,1H3,(H,21,24)(H,25,26). The predicted molar refractivity (Wildman–Crippen MR) is 98.3 cm³/mol. The number of hydrogen-bond acceptors (Lipinski definition) is 3. The number of carboxylic acids is 1. The molecule has 3 aromatic rings. The summed E-state index contributed by atoms with van der Waals surface area (Å²) in [6, 6.07) is 15.6. The summed E-state index contributed by atoms with van der Waals surface area (Å²) in [5.74, 6) is -1.86. The van der Waals surface area contributed by atoms with E-state index in [0.29, 0.717) is 17.4 Å². The van der Waals surface area contributed by atoms with Gasteiger partial charge in [-0.1, -0.05) is 42.5 Å². The minimum atomic E-state index is -1.16. The molecule has 1 amide bonds. The van der Waals surface area contributed by atoms with E-state index in [-0.39, 0.29) is 5.56 Å². The molecule has 132 valence electrons. The Balaban J connectivity index is 2.09. The molecule has 1 unspecified atom stereocenters. The van der Waals surface area contributed by atoms with Crippen molar-refractivity contribution in [3.05, 3.63) is 82.1 Å². The number of benzene rings is 2. The lowest BCUT2D eigenvalue weighted by Crippen LogP contribution is -2.40. The lowest BCUT2D eigenvalue weighted by atomic mass is 10.1. The van der Waals surface area contributed by atoms with Crippen LogP contribution in [0.2, 0.25) is 0 Å². The lowest BCUT2D eigenvalue weighted by Gasteiger charge is -2.14.